The Morgan fingerprint density at radius 2 is 2.05 bits per heavy atom. The molecular formula is C13H18ClN3O3S. The summed E-state index contributed by atoms with van der Waals surface area (Å²) in [4.78, 5) is 24.9. The Labute approximate surface area is 133 Å². The summed E-state index contributed by atoms with van der Waals surface area (Å²) in [5, 5.41) is 14.1. The number of nitrogens with one attached hydrogen (secondary N) is 1. The lowest BCUT2D eigenvalue weighted by Crippen LogP contribution is -2.43. The van der Waals surface area contributed by atoms with Gasteiger partial charge in [-0.1, -0.05) is 11.3 Å². The van der Waals surface area contributed by atoms with Crippen LogP contribution in [0.2, 0.25) is 0 Å². The molecule has 0 atom stereocenters. The standard InChI is InChI=1S/C13H17N3O3S.ClH/c17-12(10-1-2-11(20-10)16(18)19)15-7-4-13(5-8-15)3-6-14-9-13;/h1-2,14H,3-9H2;1H. The number of hydrogen-bond donors (Lipinski definition) is 1. The molecule has 8 heteroatoms. The van der Waals surface area contributed by atoms with E-state index in [-0.39, 0.29) is 23.3 Å². The Bertz CT molecular complexity index is 533. The second-order valence-electron chi connectivity index (χ2n) is 5.61. The van der Waals surface area contributed by atoms with Crippen LogP contribution in [0.5, 0.6) is 0 Å². The van der Waals surface area contributed by atoms with E-state index in [9.17, 15) is 14.9 Å². The number of halogens is 1. The van der Waals surface area contributed by atoms with E-state index in [4.69, 9.17) is 0 Å². The smallest absolute Gasteiger partial charge is 0.324 e. The van der Waals surface area contributed by atoms with Gasteiger partial charge in [0.2, 0.25) is 0 Å². The molecule has 3 rings (SSSR count). The molecule has 0 aromatic carbocycles. The molecule has 116 valence electrons. The molecule has 2 aliphatic heterocycles. The van der Waals surface area contributed by atoms with Gasteiger partial charge in [0.15, 0.2) is 0 Å². The van der Waals surface area contributed by atoms with Crippen LogP contribution in [0, 0.1) is 15.5 Å². The molecule has 1 spiro atoms. The molecule has 0 bridgehead atoms. The van der Waals surface area contributed by atoms with Crippen molar-refractivity contribution < 1.29 is 9.72 Å². The normalized spacial score (nSPS) is 20.3. The van der Waals surface area contributed by atoms with Gasteiger partial charge in [0.1, 0.15) is 0 Å². The van der Waals surface area contributed by atoms with Crippen molar-refractivity contribution in [3.63, 3.8) is 0 Å². The van der Waals surface area contributed by atoms with Gasteiger partial charge in [0.25, 0.3) is 5.91 Å². The molecule has 2 fully saturated rings. The fourth-order valence-electron chi connectivity index (χ4n) is 3.10. The number of nitrogens with zero attached hydrogens (tertiary/aromatic N) is 2. The molecule has 6 nitrogen and oxygen atoms in total. The molecule has 0 saturated carbocycles. The van der Waals surface area contributed by atoms with E-state index < -0.39 is 4.92 Å². The van der Waals surface area contributed by atoms with Gasteiger partial charge in [-0.05, 0) is 37.3 Å². The first kappa shape index (κ1) is 16.2. The highest BCUT2D eigenvalue weighted by Crippen LogP contribution is 2.37. The number of rotatable bonds is 2. The molecule has 3 heterocycles. The average molecular weight is 332 g/mol. The summed E-state index contributed by atoms with van der Waals surface area (Å²) in [5.41, 5.74) is 0.373. The lowest BCUT2D eigenvalue weighted by molar-refractivity contribution is -0.380. The highest BCUT2D eigenvalue weighted by atomic mass is 35.5. The SMILES string of the molecule is Cl.O=C(c1ccc([N+](=O)[O-])s1)N1CCC2(CCNC2)CC1. The monoisotopic (exact) mass is 331 g/mol. The molecule has 0 radical (unpaired) electrons. The fraction of sp³-hybridized carbons (Fsp3) is 0.615. The lowest BCUT2D eigenvalue weighted by atomic mass is 9.78. The van der Waals surface area contributed by atoms with Crippen molar-refractivity contribution in [1.82, 2.24) is 10.2 Å². The molecule has 1 aromatic heterocycles. The van der Waals surface area contributed by atoms with Gasteiger partial charge in [0, 0.05) is 25.7 Å². The minimum Gasteiger partial charge on any atom is -0.338 e. The third kappa shape index (κ3) is 3.20. The van der Waals surface area contributed by atoms with E-state index >= 15 is 0 Å². The van der Waals surface area contributed by atoms with Gasteiger partial charge < -0.3 is 10.2 Å². The van der Waals surface area contributed by atoms with Gasteiger partial charge in [-0.2, -0.15) is 0 Å². The van der Waals surface area contributed by atoms with E-state index in [0.717, 1.165) is 50.4 Å². The van der Waals surface area contributed by atoms with E-state index in [1.54, 1.807) is 6.07 Å². The van der Waals surface area contributed by atoms with Crippen molar-refractivity contribution in [2.24, 2.45) is 5.41 Å². The quantitative estimate of drug-likeness (QED) is 0.666. The summed E-state index contributed by atoms with van der Waals surface area (Å²) in [6.07, 6.45) is 3.25. The Morgan fingerprint density at radius 3 is 2.57 bits per heavy atom. The molecule has 21 heavy (non-hydrogen) atoms. The van der Waals surface area contributed by atoms with E-state index in [2.05, 4.69) is 5.32 Å². The Morgan fingerprint density at radius 1 is 1.33 bits per heavy atom. The number of likely N-dealkylation sites (tertiary alicyclic amines) is 1. The number of thiophene rings is 1. The summed E-state index contributed by atoms with van der Waals surface area (Å²) in [6.45, 7) is 3.64. The van der Waals surface area contributed by atoms with E-state index in [1.807, 2.05) is 4.90 Å². The minimum atomic E-state index is -0.448. The first-order chi connectivity index (χ1) is 9.60. The molecule has 1 amide bonds. The summed E-state index contributed by atoms with van der Waals surface area (Å²) < 4.78 is 0. The van der Waals surface area contributed by atoms with Crippen LogP contribution in [-0.2, 0) is 0 Å². The summed E-state index contributed by atoms with van der Waals surface area (Å²) in [6, 6.07) is 2.97. The van der Waals surface area contributed by atoms with Crippen molar-refractivity contribution in [1.29, 1.82) is 0 Å². The molecule has 0 aliphatic carbocycles. The zero-order valence-electron chi connectivity index (χ0n) is 11.5. The van der Waals surface area contributed by atoms with E-state index in [1.165, 1.54) is 12.5 Å². The van der Waals surface area contributed by atoms with Crippen molar-refractivity contribution in [3.05, 3.63) is 27.1 Å². The van der Waals surface area contributed by atoms with Crippen LogP contribution in [-0.4, -0.2) is 41.9 Å². The average Bonchev–Trinajstić information content (AvgIpc) is 3.08. The fourth-order valence-corrected chi connectivity index (χ4v) is 3.89. The number of carbonyl (C=O) groups excluding carboxylic acids is 1. The maximum atomic E-state index is 12.3. The van der Waals surface area contributed by atoms with Crippen LogP contribution in [0.4, 0.5) is 5.00 Å². The van der Waals surface area contributed by atoms with Crippen molar-refractivity contribution in [2.75, 3.05) is 26.2 Å². The predicted molar refractivity (Wildman–Crippen MR) is 83.3 cm³/mol. The predicted octanol–water partition coefficient (Wildman–Crippen LogP) is 2.29. The first-order valence-corrected chi connectivity index (χ1v) is 7.66. The molecule has 1 aromatic rings. The topological polar surface area (TPSA) is 75.5 Å². The summed E-state index contributed by atoms with van der Waals surface area (Å²) in [7, 11) is 0. The van der Waals surface area contributed by atoms with Gasteiger partial charge >= 0.3 is 5.00 Å². The zero-order valence-corrected chi connectivity index (χ0v) is 13.2. The van der Waals surface area contributed by atoms with Crippen LogP contribution in [0.25, 0.3) is 0 Å². The number of amides is 1. The number of hydrogen-bond acceptors (Lipinski definition) is 5. The maximum absolute atomic E-state index is 12.3. The first-order valence-electron chi connectivity index (χ1n) is 6.84. The summed E-state index contributed by atoms with van der Waals surface area (Å²) >= 11 is 0.964. The second kappa shape index (κ2) is 6.29. The number of nitro groups is 1. The Kier molecular flexibility index (Phi) is 4.85. The molecular weight excluding hydrogens is 314 g/mol. The van der Waals surface area contributed by atoms with Gasteiger partial charge in [0.05, 0.1) is 9.80 Å². The van der Waals surface area contributed by atoms with Crippen molar-refractivity contribution in [2.45, 2.75) is 19.3 Å². The molecule has 0 unspecified atom stereocenters. The molecule has 2 aliphatic rings. The van der Waals surface area contributed by atoms with E-state index in [0.29, 0.717) is 10.3 Å². The largest absolute Gasteiger partial charge is 0.338 e. The maximum Gasteiger partial charge on any atom is 0.324 e. The second-order valence-corrected chi connectivity index (χ2v) is 6.68. The van der Waals surface area contributed by atoms with Crippen LogP contribution in [0.15, 0.2) is 12.1 Å². The van der Waals surface area contributed by atoms with Crippen LogP contribution >= 0.6 is 23.7 Å². The van der Waals surface area contributed by atoms with Crippen LogP contribution in [0.1, 0.15) is 28.9 Å². The van der Waals surface area contributed by atoms with Crippen molar-refractivity contribution in [3.8, 4) is 0 Å². The van der Waals surface area contributed by atoms with Gasteiger partial charge in [-0.15, -0.1) is 12.4 Å². The zero-order chi connectivity index (χ0) is 14.2. The molecule has 2 saturated heterocycles. The van der Waals surface area contributed by atoms with Crippen molar-refractivity contribution >= 4 is 34.7 Å². The highest BCUT2D eigenvalue weighted by Gasteiger charge is 2.38. The third-order valence-electron chi connectivity index (χ3n) is 4.43. The van der Waals surface area contributed by atoms with Gasteiger partial charge in [-0.25, -0.2) is 0 Å². The Hall–Kier alpha value is -1.18. The van der Waals surface area contributed by atoms with Gasteiger partial charge in [-0.3, -0.25) is 14.9 Å². The minimum absolute atomic E-state index is 0. The lowest BCUT2D eigenvalue weighted by Gasteiger charge is -2.38. The molecule has 1 N–H and O–H groups in total. The summed E-state index contributed by atoms with van der Waals surface area (Å²) in [5.74, 6) is -0.0658. The number of piperidine rings is 1. The third-order valence-corrected chi connectivity index (χ3v) is 5.45. The Balaban J connectivity index is 0.00000161. The van der Waals surface area contributed by atoms with Crippen LogP contribution < -0.4 is 5.32 Å². The number of carbonyl (C=O) groups is 1. The highest BCUT2D eigenvalue weighted by molar-refractivity contribution is 7.17. The van der Waals surface area contributed by atoms with Crippen LogP contribution in [0.3, 0.4) is 0 Å².